The molecule has 1 N–H and O–H groups in total. The van der Waals surface area contributed by atoms with E-state index in [0.29, 0.717) is 11.3 Å². The summed E-state index contributed by atoms with van der Waals surface area (Å²) < 4.78 is 11.5. The monoisotopic (exact) mass is 250 g/mol. The van der Waals surface area contributed by atoms with Crippen LogP contribution in [0.15, 0.2) is 24.3 Å². The fourth-order valence-corrected chi connectivity index (χ4v) is 1.78. The number of anilines is 1. The standard InChI is InChI=1S/C12H14N2O2S/c1-9(2)17(16)8-12(15)14-11-5-3-10(7-13)4-6-11/h3-6,9H,8H2,1-2H3,(H,14,15). The maximum absolute atomic E-state index is 11.5. The van der Waals surface area contributed by atoms with E-state index in [0.717, 1.165) is 0 Å². The van der Waals surface area contributed by atoms with E-state index in [2.05, 4.69) is 5.32 Å². The summed E-state index contributed by atoms with van der Waals surface area (Å²) in [5, 5.41) is 11.2. The molecule has 1 unspecified atom stereocenters. The molecule has 0 heterocycles. The summed E-state index contributed by atoms with van der Waals surface area (Å²) in [7, 11) is -1.15. The highest BCUT2D eigenvalue weighted by Crippen LogP contribution is 2.08. The highest BCUT2D eigenvalue weighted by molar-refractivity contribution is 7.86. The number of benzene rings is 1. The van der Waals surface area contributed by atoms with Gasteiger partial charge in [0, 0.05) is 21.7 Å². The Morgan fingerprint density at radius 2 is 2.00 bits per heavy atom. The van der Waals surface area contributed by atoms with Gasteiger partial charge in [-0.3, -0.25) is 9.00 Å². The summed E-state index contributed by atoms with van der Waals surface area (Å²) in [5.74, 6) is -0.278. The lowest BCUT2D eigenvalue weighted by Crippen LogP contribution is -2.23. The molecule has 4 nitrogen and oxygen atoms in total. The number of carbonyl (C=O) groups excluding carboxylic acids is 1. The number of carbonyl (C=O) groups is 1. The lowest BCUT2D eigenvalue weighted by Gasteiger charge is -2.07. The zero-order valence-corrected chi connectivity index (χ0v) is 10.6. The molecule has 5 heteroatoms. The Hall–Kier alpha value is -1.67. The molecule has 0 saturated heterocycles. The number of nitrogens with one attached hydrogen (secondary N) is 1. The Balaban J connectivity index is 2.57. The van der Waals surface area contributed by atoms with Gasteiger partial charge in [-0.25, -0.2) is 0 Å². The van der Waals surface area contributed by atoms with Crippen molar-refractivity contribution in [2.75, 3.05) is 11.1 Å². The van der Waals surface area contributed by atoms with Crippen molar-refractivity contribution in [3.05, 3.63) is 29.8 Å². The number of nitriles is 1. The van der Waals surface area contributed by atoms with Gasteiger partial charge in [-0.2, -0.15) is 5.26 Å². The summed E-state index contributed by atoms with van der Waals surface area (Å²) >= 11 is 0. The molecule has 1 amide bonds. The molecule has 90 valence electrons. The molecule has 0 spiro atoms. The molecule has 17 heavy (non-hydrogen) atoms. The first-order chi connectivity index (χ1) is 8.02. The van der Waals surface area contributed by atoms with Crippen LogP contribution in [-0.2, 0) is 15.6 Å². The zero-order chi connectivity index (χ0) is 12.8. The van der Waals surface area contributed by atoms with Gasteiger partial charge in [-0.05, 0) is 24.3 Å². The van der Waals surface area contributed by atoms with Crippen molar-refractivity contribution in [3.63, 3.8) is 0 Å². The van der Waals surface area contributed by atoms with Gasteiger partial charge in [0.1, 0.15) is 5.75 Å². The molecule has 0 aliphatic carbocycles. The minimum absolute atomic E-state index is 0.00231. The third kappa shape index (κ3) is 4.37. The first-order valence-electron chi connectivity index (χ1n) is 5.20. The number of nitrogens with zero attached hydrogens (tertiary/aromatic N) is 1. The van der Waals surface area contributed by atoms with Crippen molar-refractivity contribution >= 4 is 22.4 Å². The molecule has 1 atom stereocenters. The van der Waals surface area contributed by atoms with Gasteiger partial charge in [-0.15, -0.1) is 0 Å². The molecule has 0 saturated carbocycles. The van der Waals surface area contributed by atoms with Crippen LogP contribution in [0.2, 0.25) is 0 Å². The third-order valence-electron chi connectivity index (χ3n) is 2.10. The SMILES string of the molecule is CC(C)S(=O)CC(=O)Nc1ccc(C#N)cc1. The average Bonchev–Trinajstić information content (AvgIpc) is 2.29. The van der Waals surface area contributed by atoms with Gasteiger partial charge in [0.15, 0.2) is 0 Å². The van der Waals surface area contributed by atoms with E-state index in [4.69, 9.17) is 5.26 Å². The maximum Gasteiger partial charge on any atom is 0.237 e. The van der Waals surface area contributed by atoms with Crippen molar-refractivity contribution in [1.82, 2.24) is 0 Å². The number of hydrogen-bond donors (Lipinski definition) is 1. The van der Waals surface area contributed by atoms with Crippen LogP contribution in [-0.4, -0.2) is 21.1 Å². The van der Waals surface area contributed by atoms with E-state index in [9.17, 15) is 9.00 Å². The van der Waals surface area contributed by atoms with E-state index in [1.165, 1.54) is 0 Å². The molecule has 1 aromatic carbocycles. The Bertz CT molecular complexity index is 460. The van der Waals surface area contributed by atoms with E-state index in [1.54, 1.807) is 24.3 Å². The largest absolute Gasteiger partial charge is 0.325 e. The van der Waals surface area contributed by atoms with Gasteiger partial charge in [0.2, 0.25) is 5.91 Å². The van der Waals surface area contributed by atoms with Crippen LogP contribution < -0.4 is 5.32 Å². The molecule has 0 fully saturated rings. The molecule has 0 bridgehead atoms. The molecule has 1 aromatic rings. The smallest absolute Gasteiger partial charge is 0.237 e. The second-order valence-corrected chi connectivity index (χ2v) is 5.80. The van der Waals surface area contributed by atoms with Crippen molar-refractivity contribution in [2.24, 2.45) is 0 Å². The Kier molecular flexibility index (Phi) is 4.85. The second-order valence-electron chi connectivity index (χ2n) is 3.81. The van der Waals surface area contributed by atoms with Crippen molar-refractivity contribution in [3.8, 4) is 6.07 Å². The number of hydrogen-bond acceptors (Lipinski definition) is 3. The topological polar surface area (TPSA) is 70.0 Å². The average molecular weight is 250 g/mol. The van der Waals surface area contributed by atoms with E-state index >= 15 is 0 Å². The van der Waals surface area contributed by atoms with Crippen LogP contribution >= 0.6 is 0 Å². The third-order valence-corrected chi connectivity index (χ3v) is 3.70. The minimum Gasteiger partial charge on any atom is -0.325 e. The fraction of sp³-hybridized carbons (Fsp3) is 0.333. The van der Waals surface area contributed by atoms with Gasteiger partial charge in [-0.1, -0.05) is 13.8 Å². The van der Waals surface area contributed by atoms with Crippen molar-refractivity contribution in [2.45, 2.75) is 19.1 Å². The van der Waals surface area contributed by atoms with Crippen LogP contribution in [0.25, 0.3) is 0 Å². The highest BCUT2D eigenvalue weighted by Gasteiger charge is 2.11. The Morgan fingerprint density at radius 1 is 1.41 bits per heavy atom. The first kappa shape index (κ1) is 13.4. The van der Waals surface area contributed by atoms with Crippen LogP contribution in [0.1, 0.15) is 19.4 Å². The molecular weight excluding hydrogens is 236 g/mol. The van der Waals surface area contributed by atoms with Crippen LogP contribution in [0.4, 0.5) is 5.69 Å². The van der Waals surface area contributed by atoms with Gasteiger partial charge in [0.25, 0.3) is 0 Å². The van der Waals surface area contributed by atoms with Crippen LogP contribution in [0.3, 0.4) is 0 Å². The molecule has 0 aliphatic rings. The Labute approximate surface area is 103 Å². The van der Waals surface area contributed by atoms with Crippen molar-refractivity contribution in [1.29, 1.82) is 5.26 Å². The molecule has 0 radical (unpaired) electrons. The predicted octanol–water partition coefficient (Wildman–Crippen LogP) is 1.65. The highest BCUT2D eigenvalue weighted by atomic mass is 32.2. The van der Waals surface area contributed by atoms with E-state index in [-0.39, 0.29) is 16.9 Å². The van der Waals surface area contributed by atoms with E-state index < -0.39 is 10.8 Å². The van der Waals surface area contributed by atoms with Crippen LogP contribution in [0.5, 0.6) is 0 Å². The quantitative estimate of drug-likeness (QED) is 0.883. The Morgan fingerprint density at radius 3 is 2.47 bits per heavy atom. The fourth-order valence-electron chi connectivity index (χ4n) is 1.12. The summed E-state index contributed by atoms with van der Waals surface area (Å²) in [6, 6.07) is 8.53. The molecule has 0 aromatic heterocycles. The molecule has 1 rings (SSSR count). The summed E-state index contributed by atoms with van der Waals surface area (Å²) in [5.41, 5.74) is 1.14. The van der Waals surface area contributed by atoms with Gasteiger partial charge >= 0.3 is 0 Å². The second kappa shape index (κ2) is 6.16. The van der Waals surface area contributed by atoms with E-state index in [1.807, 2.05) is 19.9 Å². The summed E-state index contributed by atoms with van der Waals surface area (Å²) in [6.07, 6.45) is 0. The first-order valence-corrected chi connectivity index (χ1v) is 6.58. The summed E-state index contributed by atoms with van der Waals surface area (Å²) in [4.78, 5) is 11.5. The lowest BCUT2D eigenvalue weighted by atomic mass is 10.2. The normalized spacial score (nSPS) is 11.9. The van der Waals surface area contributed by atoms with Gasteiger partial charge in [0.05, 0.1) is 11.6 Å². The lowest BCUT2D eigenvalue weighted by molar-refractivity contribution is -0.113. The summed E-state index contributed by atoms with van der Waals surface area (Å²) in [6.45, 7) is 3.62. The number of rotatable bonds is 4. The predicted molar refractivity (Wildman–Crippen MR) is 67.9 cm³/mol. The maximum atomic E-state index is 11.5. The van der Waals surface area contributed by atoms with Gasteiger partial charge < -0.3 is 5.32 Å². The molecular formula is C12H14N2O2S. The van der Waals surface area contributed by atoms with Crippen LogP contribution in [0, 0.1) is 11.3 Å². The molecule has 0 aliphatic heterocycles. The van der Waals surface area contributed by atoms with Crippen molar-refractivity contribution < 1.29 is 9.00 Å². The number of amides is 1. The minimum atomic E-state index is -1.15. The zero-order valence-electron chi connectivity index (χ0n) is 9.77.